The van der Waals surface area contributed by atoms with Gasteiger partial charge in [-0.3, -0.25) is 0 Å². The molecule has 0 aliphatic rings. The highest BCUT2D eigenvalue weighted by Gasteiger charge is 2.10. The lowest BCUT2D eigenvalue weighted by atomic mass is 10.2. The van der Waals surface area contributed by atoms with Crippen LogP contribution in [-0.4, -0.2) is 11.6 Å². The van der Waals surface area contributed by atoms with Gasteiger partial charge in [-0.1, -0.05) is 24.8 Å². The van der Waals surface area contributed by atoms with Gasteiger partial charge in [0, 0.05) is 6.54 Å². The lowest BCUT2D eigenvalue weighted by Gasteiger charge is -2.11. The molecule has 0 saturated carbocycles. The van der Waals surface area contributed by atoms with Crippen LogP contribution in [0.1, 0.15) is 30.2 Å². The van der Waals surface area contributed by atoms with Crippen LogP contribution < -0.4 is 10.1 Å². The molecule has 0 fully saturated rings. The van der Waals surface area contributed by atoms with Crippen molar-refractivity contribution in [3.63, 3.8) is 0 Å². The Morgan fingerprint density at radius 1 is 1.40 bits per heavy atom. The van der Waals surface area contributed by atoms with Crippen molar-refractivity contribution < 1.29 is 9.15 Å². The fourth-order valence-electron chi connectivity index (χ4n) is 1.79. The van der Waals surface area contributed by atoms with Crippen molar-refractivity contribution in [2.45, 2.75) is 26.4 Å². The van der Waals surface area contributed by atoms with Crippen molar-refractivity contribution in [1.82, 2.24) is 10.3 Å². The van der Waals surface area contributed by atoms with Crippen LogP contribution >= 0.6 is 0 Å². The molecule has 0 bridgehead atoms. The van der Waals surface area contributed by atoms with E-state index in [1.165, 1.54) is 5.56 Å². The number of hydrogen-bond acceptors (Lipinski definition) is 4. The Kier molecular flexibility index (Phi) is 4.96. The Labute approximate surface area is 119 Å². The molecule has 1 aromatic heterocycles. The third-order valence-corrected chi connectivity index (χ3v) is 2.91. The predicted molar refractivity (Wildman–Crippen MR) is 78.6 cm³/mol. The summed E-state index contributed by atoms with van der Waals surface area (Å²) in [6.45, 7) is 8.83. The molecule has 0 aliphatic heterocycles. The maximum absolute atomic E-state index is 5.49. The molecule has 1 atom stereocenters. The molecule has 1 unspecified atom stereocenters. The molecule has 0 spiro atoms. The van der Waals surface area contributed by atoms with Crippen LogP contribution in [0.5, 0.6) is 5.75 Å². The van der Waals surface area contributed by atoms with E-state index in [9.17, 15) is 0 Å². The zero-order valence-electron chi connectivity index (χ0n) is 11.9. The summed E-state index contributed by atoms with van der Waals surface area (Å²) in [5, 5.41) is 3.38. The highest BCUT2D eigenvalue weighted by Crippen LogP contribution is 2.15. The van der Waals surface area contributed by atoms with Crippen molar-refractivity contribution >= 4 is 0 Å². The van der Waals surface area contributed by atoms with Gasteiger partial charge < -0.3 is 14.5 Å². The standard InChI is InChI=1S/C16H20N2O2/c1-4-9-19-15-7-5-14(6-8-15)11-17-13(3)16-18-10-12(2)20-16/h4-8,10,13,17H,1,9,11H2,2-3H3. The Morgan fingerprint density at radius 2 is 2.15 bits per heavy atom. The first-order valence-corrected chi connectivity index (χ1v) is 6.67. The van der Waals surface area contributed by atoms with Gasteiger partial charge in [-0.25, -0.2) is 4.98 Å². The Bertz CT molecular complexity index is 546. The second-order valence-corrected chi connectivity index (χ2v) is 4.66. The molecule has 1 N–H and O–H groups in total. The second kappa shape index (κ2) is 6.91. The van der Waals surface area contributed by atoms with Crippen LogP contribution in [0.3, 0.4) is 0 Å². The summed E-state index contributed by atoms with van der Waals surface area (Å²) < 4.78 is 10.9. The Hall–Kier alpha value is -2.07. The first kappa shape index (κ1) is 14.3. The van der Waals surface area contributed by atoms with Crippen LogP contribution in [0.2, 0.25) is 0 Å². The van der Waals surface area contributed by atoms with Crippen molar-refractivity contribution in [3.8, 4) is 5.75 Å². The monoisotopic (exact) mass is 272 g/mol. The number of nitrogens with zero attached hydrogens (tertiary/aromatic N) is 1. The van der Waals surface area contributed by atoms with Crippen molar-refractivity contribution in [3.05, 3.63) is 60.3 Å². The van der Waals surface area contributed by atoms with Crippen LogP contribution in [0.4, 0.5) is 0 Å². The molecule has 0 saturated heterocycles. The topological polar surface area (TPSA) is 47.3 Å². The van der Waals surface area contributed by atoms with Gasteiger partial charge >= 0.3 is 0 Å². The van der Waals surface area contributed by atoms with Crippen molar-refractivity contribution in [1.29, 1.82) is 0 Å². The van der Waals surface area contributed by atoms with Crippen LogP contribution in [0.25, 0.3) is 0 Å². The number of aryl methyl sites for hydroxylation is 1. The zero-order valence-corrected chi connectivity index (χ0v) is 11.9. The van der Waals surface area contributed by atoms with E-state index in [0.717, 1.165) is 18.1 Å². The maximum atomic E-state index is 5.49. The number of oxazole rings is 1. The summed E-state index contributed by atoms with van der Waals surface area (Å²) in [4.78, 5) is 4.22. The Morgan fingerprint density at radius 3 is 2.75 bits per heavy atom. The minimum Gasteiger partial charge on any atom is -0.490 e. The molecular weight excluding hydrogens is 252 g/mol. The lowest BCUT2D eigenvalue weighted by molar-refractivity contribution is 0.363. The maximum Gasteiger partial charge on any atom is 0.211 e. The van der Waals surface area contributed by atoms with Crippen molar-refractivity contribution in [2.24, 2.45) is 0 Å². The van der Waals surface area contributed by atoms with Gasteiger partial charge in [0.05, 0.1) is 12.2 Å². The summed E-state index contributed by atoms with van der Waals surface area (Å²) in [6, 6.07) is 8.08. The molecule has 2 rings (SSSR count). The molecule has 0 amide bonds. The molecule has 20 heavy (non-hydrogen) atoms. The average Bonchev–Trinajstić information content (AvgIpc) is 2.90. The average molecular weight is 272 g/mol. The smallest absolute Gasteiger partial charge is 0.211 e. The highest BCUT2D eigenvalue weighted by molar-refractivity contribution is 5.27. The van der Waals surface area contributed by atoms with Gasteiger partial charge in [-0.15, -0.1) is 0 Å². The minimum absolute atomic E-state index is 0.0837. The van der Waals surface area contributed by atoms with Gasteiger partial charge in [-0.2, -0.15) is 0 Å². The Balaban J connectivity index is 1.85. The molecule has 4 nitrogen and oxygen atoms in total. The van der Waals surface area contributed by atoms with Crippen molar-refractivity contribution in [2.75, 3.05) is 6.61 Å². The number of benzene rings is 1. The van der Waals surface area contributed by atoms with E-state index in [0.29, 0.717) is 12.5 Å². The van der Waals surface area contributed by atoms with Gasteiger partial charge in [0.15, 0.2) is 0 Å². The molecular formula is C16H20N2O2. The van der Waals surface area contributed by atoms with Crippen LogP contribution in [0, 0.1) is 6.92 Å². The van der Waals surface area contributed by atoms with E-state index >= 15 is 0 Å². The van der Waals surface area contributed by atoms with E-state index in [1.54, 1.807) is 12.3 Å². The largest absolute Gasteiger partial charge is 0.490 e. The summed E-state index contributed by atoms with van der Waals surface area (Å²) in [7, 11) is 0. The number of rotatable bonds is 7. The van der Waals surface area contributed by atoms with E-state index in [2.05, 4.69) is 16.9 Å². The highest BCUT2D eigenvalue weighted by atomic mass is 16.5. The van der Waals surface area contributed by atoms with E-state index in [1.807, 2.05) is 38.1 Å². The van der Waals surface area contributed by atoms with Crippen LogP contribution in [-0.2, 0) is 6.54 Å². The first-order valence-electron chi connectivity index (χ1n) is 6.67. The zero-order chi connectivity index (χ0) is 14.4. The summed E-state index contributed by atoms with van der Waals surface area (Å²) in [5.41, 5.74) is 1.19. The number of ether oxygens (including phenoxy) is 1. The molecule has 1 aromatic carbocycles. The van der Waals surface area contributed by atoms with Gasteiger partial charge in [0.2, 0.25) is 5.89 Å². The van der Waals surface area contributed by atoms with E-state index in [-0.39, 0.29) is 6.04 Å². The SMILES string of the molecule is C=CCOc1ccc(CNC(C)c2ncc(C)o2)cc1. The third-order valence-electron chi connectivity index (χ3n) is 2.91. The van der Waals surface area contributed by atoms with Gasteiger partial charge in [0.1, 0.15) is 18.1 Å². The van der Waals surface area contributed by atoms with E-state index < -0.39 is 0 Å². The molecule has 4 heteroatoms. The molecule has 106 valence electrons. The lowest BCUT2D eigenvalue weighted by Crippen LogP contribution is -2.18. The quantitative estimate of drug-likeness (QED) is 0.785. The predicted octanol–water partition coefficient (Wildman–Crippen LogP) is 3.40. The normalized spacial score (nSPS) is 12.1. The number of nitrogens with one attached hydrogen (secondary N) is 1. The molecule has 0 aliphatic carbocycles. The number of hydrogen-bond donors (Lipinski definition) is 1. The van der Waals surface area contributed by atoms with Gasteiger partial charge in [0.25, 0.3) is 0 Å². The van der Waals surface area contributed by atoms with Gasteiger partial charge in [-0.05, 0) is 31.5 Å². The second-order valence-electron chi connectivity index (χ2n) is 4.66. The molecule has 0 radical (unpaired) electrons. The fourth-order valence-corrected chi connectivity index (χ4v) is 1.79. The van der Waals surface area contributed by atoms with E-state index in [4.69, 9.17) is 9.15 Å². The first-order chi connectivity index (χ1) is 9.69. The third kappa shape index (κ3) is 3.96. The molecule has 1 heterocycles. The molecule has 2 aromatic rings. The minimum atomic E-state index is 0.0837. The summed E-state index contributed by atoms with van der Waals surface area (Å²) in [6.07, 6.45) is 3.47. The van der Waals surface area contributed by atoms with Crippen LogP contribution in [0.15, 0.2) is 47.5 Å². The summed E-state index contributed by atoms with van der Waals surface area (Å²) >= 11 is 0. The fraction of sp³-hybridized carbons (Fsp3) is 0.312. The summed E-state index contributed by atoms with van der Waals surface area (Å²) in [5.74, 6) is 2.40. The number of aromatic nitrogens is 1.